The van der Waals surface area contributed by atoms with Gasteiger partial charge in [-0.25, -0.2) is 9.78 Å². The molecular weight excluding hydrogens is 445 g/mol. The Bertz CT molecular complexity index is 1060. The minimum atomic E-state index is -1.04. The SMILES string of the molecule is O=C(COC(=O)[C@@H](Cc1ccccc1)NC(=O)c1ccco1)Nc1ncc(Cl)cc1Cl. The summed E-state index contributed by atoms with van der Waals surface area (Å²) in [4.78, 5) is 41.0. The lowest BCUT2D eigenvalue weighted by Crippen LogP contribution is -2.44. The van der Waals surface area contributed by atoms with Gasteiger partial charge < -0.3 is 19.8 Å². The number of pyridine rings is 1. The number of esters is 1. The van der Waals surface area contributed by atoms with Crippen molar-refractivity contribution in [2.75, 3.05) is 11.9 Å². The Kier molecular flexibility index (Phi) is 7.64. The van der Waals surface area contributed by atoms with Gasteiger partial charge >= 0.3 is 5.97 Å². The topological polar surface area (TPSA) is 111 Å². The summed E-state index contributed by atoms with van der Waals surface area (Å²) >= 11 is 11.7. The number of carbonyl (C=O) groups is 3. The number of rotatable bonds is 8. The molecule has 0 spiro atoms. The largest absolute Gasteiger partial charge is 0.459 e. The molecule has 0 unspecified atom stereocenters. The van der Waals surface area contributed by atoms with E-state index in [2.05, 4.69) is 15.6 Å². The zero-order valence-electron chi connectivity index (χ0n) is 16.0. The van der Waals surface area contributed by atoms with Crippen LogP contribution < -0.4 is 10.6 Å². The molecule has 2 aromatic heterocycles. The van der Waals surface area contributed by atoms with Crippen molar-refractivity contribution >= 4 is 46.8 Å². The molecule has 0 saturated carbocycles. The van der Waals surface area contributed by atoms with Gasteiger partial charge in [0.25, 0.3) is 11.8 Å². The van der Waals surface area contributed by atoms with Crippen LogP contribution in [0.2, 0.25) is 10.0 Å². The molecule has 2 heterocycles. The molecule has 8 nitrogen and oxygen atoms in total. The number of hydrogen-bond acceptors (Lipinski definition) is 6. The summed E-state index contributed by atoms with van der Waals surface area (Å²) in [7, 11) is 0. The zero-order chi connectivity index (χ0) is 22.2. The fraction of sp³-hybridized carbons (Fsp3) is 0.143. The Hall–Kier alpha value is -3.36. The molecule has 0 radical (unpaired) electrons. The van der Waals surface area contributed by atoms with Gasteiger partial charge in [0.15, 0.2) is 18.2 Å². The number of ether oxygens (including phenoxy) is 1. The standard InChI is InChI=1S/C21H17Cl2N3O5/c22-14-10-15(23)19(24-11-14)26-18(27)12-31-21(29)16(9-13-5-2-1-3-6-13)25-20(28)17-7-4-8-30-17/h1-8,10-11,16H,9,12H2,(H,25,28)(H,24,26,27)/t16-/m1/s1. The summed E-state index contributed by atoms with van der Waals surface area (Å²) in [6.45, 7) is -0.596. The van der Waals surface area contributed by atoms with Gasteiger partial charge in [0, 0.05) is 12.6 Å². The highest BCUT2D eigenvalue weighted by molar-refractivity contribution is 6.36. The number of aromatic nitrogens is 1. The molecule has 2 N–H and O–H groups in total. The Balaban J connectivity index is 1.62. The molecule has 0 aliphatic heterocycles. The number of nitrogens with zero attached hydrogens (tertiary/aromatic N) is 1. The molecule has 1 atom stereocenters. The first-order valence-corrected chi connectivity index (χ1v) is 9.84. The predicted octanol–water partition coefficient (Wildman–Crippen LogP) is 3.50. The lowest BCUT2D eigenvalue weighted by molar-refractivity contribution is -0.149. The highest BCUT2D eigenvalue weighted by Gasteiger charge is 2.25. The number of anilines is 1. The normalized spacial score (nSPS) is 11.4. The van der Waals surface area contributed by atoms with Gasteiger partial charge in [-0.3, -0.25) is 9.59 Å². The van der Waals surface area contributed by atoms with E-state index in [1.54, 1.807) is 18.2 Å². The van der Waals surface area contributed by atoms with Crippen molar-refractivity contribution in [1.82, 2.24) is 10.3 Å². The third-order valence-corrected chi connectivity index (χ3v) is 4.52. The quantitative estimate of drug-likeness (QED) is 0.496. The molecule has 160 valence electrons. The second kappa shape index (κ2) is 10.6. The highest BCUT2D eigenvalue weighted by Crippen LogP contribution is 2.22. The van der Waals surface area contributed by atoms with Crippen LogP contribution in [0.1, 0.15) is 16.1 Å². The van der Waals surface area contributed by atoms with Crippen LogP contribution in [0.4, 0.5) is 5.82 Å². The molecule has 3 aromatic rings. The summed E-state index contributed by atoms with van der Waals surface area (Å²) in [6.07, 6.45) is 2.83. The van der Waals surface area contributed by atoms with Gasteiger partial charge in [-0.15, -0.1) is 0 Å². The molecule has 0 aliphatic carbocycles. The number of benzene rings is 1. The number of nitrogens with one attached hydrogen (secondary N) is 2. The molecule has 1 aromatic carbocycles. The van der Waals surface area contributed by atoms with Crippen LogP contribution >= 0.6 is 23.2 Å². The highest BCUT2D eigenvalue weighted by atomic mass is 35.5. The Morgan fingerprint density at radius 2 is 1.87 bits per heavy atom. The third-order valence-electron chi connectivity index (χ3n) is 4.03. The third kappa shape index (κ3) is 6.56. The minimum Gasteiger partial charge on any atom is -0.459 e. The predicted molar refractivity (Wildman–Crippen MR) is 114 cm³/mol. The van der Waals surface area contributed by atoms with Crippen LogP contribution in [0.25, 0.3) is 0 Å². The van der Waals surface area contributed by atoms with E-state index in [1.165, 1.54) is 24.6 Å². The van der Waals surface area contributed by atoms with Crippen molar-refractivity contribution < 1.29 is 23.5 Å². The fourth-order valence-electron chi connectivity index (χ4n) is 2.59. The first-order chi connectivity index (χ1) is 14.9. The van der Waals surface area contributed by atoms with Crippen LogP contribution in [-0.4, -0.2) is 35.4 Å². The molecule has 0 fully saturated rings. The Morgan fingerprint density at radius 3 is 2.55 bits per heavy atom. The van der Waals surface area contributed by atoms with E-state index in [0.717, 1.165) is 5.56 Å². The maximum Gasteiger partial charge on any atom is 0.329 e. The van der Waals surface area contributed by atoms with Crippen molar-refractivity contribution in [1.29, 1.82) is 0 Å². The van der Waals surface area contributed by atoms with Crippen molar-refractivity contribution in [3.63, 3.8) is 0 Å². The van der Waals surface area contributed by atoms with Gasteiger partial charge in [0.1, 0.15) is 6.04 Å². The monoisotopic (exact) mass is 461 g/mol. The molecule has 31 heavy (non-hydrogen) atoms. The summed E-state index contributed by atoms with van der Waals surface area (Å²) in [5, 5.41) is 5.44. The maximum atomic E-state index is 12.6. The van der Waals surface area contributed by atoms with Gasteiger partial charge in [0.05, 0.1) is 16.3 Å². The van der Waals surface area contributed by atoms with E-state index >= 15 is 0 Å². The van der Waals surface area contributed by atoms with Gasteiger partial charge in [-0.2, -0.15) is 0 Å². The van der Waals surface area contributed by atoms with Gasteiger partial charge in [-0.1, -0.05) is 53.5 Å². The average Bonchev–Trinajstić information content (AvgIpc) is 3.29. The molecule has 0 aliphatic rings. The summed E-state index contributed by atoms with van der Waals surface area (Å²) in [6, 6.07) is 12.5. The molecule has 3 rings (SSSR count). The number of hydrogen-bond donors (Lipinski definition) is 2. The van der Waals surface area contributed by atoms with E-state index in [9.17, 15) is 14.4 Å². The van der Waals surface area contributed by atoms with E-state index in [4.69, 9.17) is 32.4 Å². The summed E-state index contributed by atoms with van der Waals surface area (Å²) < 4.78 is 10.2. The van der Waals surface area contributed by atoms with Crippen LogP contribution in [0.5, 0.6) is 0 Å². The maximum absolute atomic E-state index is 12.6. The van der Waals surface area contributed by atoms with Crippen LogP contribution in [0, 0.1) is 0 Å². The Morgan fingerprint density at radius 1 is 1.10 bits per heavy atom. The second-order valence-electron chi connectivity index (χ2n) is 6.33. The Labute approximate surface area is 187 Å². The number of amides is 2. The first-order valence-electron chi connectivity index (χ1n) is 9.08. The van der Waals surface area contributed by atoms with Crippen molar-refractivity contribution in [2.24, 2.45) is 0 Å². The smallest absolute Gasteiger partial charge is 0.329 e. The zero-order valence-corrected chi connectivity index (χ0v) is 17.5. The number of halogens is 2. The lowest BCUT2D eigenvalue weighted by Gasteiger charge is -2.17. The van der Waals surface area contributed by atoms with Crippen molar-refractivity contribution in [3.05, 3.63) is 82.4 Å². The fourth-order valence-corrected chi connectivity index (χ4v) is 3.02. The average molecular weight is 462 g/mol. The van der Waals surface area contributed by atoms with Gasteiger partial charge in [-0.05, 0) is 23.8 Å². The molecule has 10 heteroatoms. The van der Waals surface area contributed by atoms with Crippen molar-refractivity contribution in [3.8, 4) is 0 Å². The van der Waals surface area contributed by atoms with Crippen LogP contribution in [0.3, 0.4) is 0 Å². The van der Waals surface area contributed by atoms with E-state index in [-0.39, 0.29) is 23.0 Å². The van der Waals surface area contributed by atoms with E-state index in [0.29, 0.717) is 5.02 Å². The molecular formula is C21H17Cl2N3O5. The minimum absolute atomic E-state index is 0.0482. The molecule has 2 amide bonds. The van der Waals surface area contributed by atoms with E-state index < -0.39 is 30.4 Å². The van der Waals surface area contributed by atoms with Crippen LogP contribution in [0.15, 0.2) is 65.4 Å². The van der Waals surface area contributed by atoms with Gasteiger partial charge in [0.2, 0.25) is 0 Å². The lowest BCUT2D eigenvalue weighted by atomic mass is 10.1. The summed E-state index contributed by atoms with van der Waals surface area (Å²) in [5.41, 5.74) is 0.797. The number of furan rings is 1. The van der Waals surface area contributed by atoms with Crippen LogP contribution in [-0.2, 0) is 20.7 Å². The van der Waals surface area contributed by atoms with E-state index in [1.807, 2.05) is 18.2 Å². The molecule has 0 bridgehead atoms. The van der Waals surface area contributed by atoms with Crippen molar-refractivity contribution in [2.45, 2.75) is 12.5 Å². The summed E-state index contributed by atoms with van der Waals surface area (Å²) in [5.74, 6) is -1.88. The number of carbonyl (C=O) groups excluding carboxylic acids is 3. The first kappa shape index (κ1) is 22.3. The second-order valence-corrected chi connectivity index (χ2v) is 7.18. The molecule has 0 saturated heterocycles.